The fourth-order valence-electron chi connectivity index (χ4n) is 3.44. The van der Waals surface area contributed by atoms with Crippen LogP contribution in [0.5, 0.6) is 0 Å². The summed E-state index contributed by atoms with van der Waals surface area (Å²) in [7, 11) is 3.82. The van der Waals surface area contributed by atoms with Crippen LogP contribution in [0.2, 0.25) is 0 Å². The Labute approximate surface area is 141 Å². The average molecular weight is 330 g/mol. The Kier molecular flexibility index (Phi) is 4.94. The highest BCUT2D eigenvalue weighted by Gasteiger charge is 2.31. The second-order valence-electron chi connectivity index (χ2n) is 6.44. The van der Waals surface area contributed by atoms with Gasteiger partial charge in [-0.25, -0.2) is 4.39 Å². The van der Waals surface area contributed by atoms with E-state index in [-0.39, 0.29) is 23.8 Å². The summed E-state index contributed by atoms with van der Waals surface area (Å²) in [5.74, 6) is -0.332. The first-order chi connectivity index (χ1) is 11.5. The standard InChI is InChI=1S/C18H23FN4O/c1-22-10-4-7-15(21-18(24)16-8-9-20-23(16)2)17(22)12-13-5-3-6-14(19)11-13/h3,5-6,8-9,11,15,17H,4,7,10,12H2,1-2H3,(H,21,24)/t15-,17-/m0/s1. The van der Waals surface area contributed by atoms with E-state index in [0.29, 0.717) is 12.1 Å². The van der Waals surface area contributed by atoms with Crippen molar-refractivity contribution in [1.29, 1.82) is 0 Å². The number of hydrogen-bond acceptors (Lipinski definition) is 3. The first-order valence-corrected chi connectivity index (χ1v) is 8.28. The first-order valence-electron chi connectivity index (χ1n) is 8.28. The van der Waals surface area contributed by atoms with Gasteiger partial charge in [0.05, 0.1) is 0 Å². The topological polar surface area (TPSA) is 50.2 Å². The lowest BCUT2D eigenvalue weighted by Crippen LogP contribution is -2.55. The fraction of sp³-hybridized carbons (Fsp3) is 0.444. The Balaban J connectivity index is 1.74. The maximum atomic E-state index is 13.5. The zero-order valence-electron chi connectivity index (χ0n) is 14.1. The lowest BCUT2D eigenvalue weighted by molar-refractivity contribution is 0.0842. The van der Waals surface area contributed by atoms with Gasteiger partial charge in [-0.3, -0.25) is 9.48 Å². The third-order valence-electron chi connectivity index (χ3n) is 4.76. The van der Waals surface area contributed by atoms with Gasteiger partial charge in [-0.15, -0.1) is 0 Å². The summed E-state index contributed by atoms with van der Waals surface area (Å²) in [4.78, 5) is 14.8. The van der Waals surface area contributed by atoms with E-state index in [1.165, 1.54) is 6.07 Å². The first kappa shape index (κ1) is 16.6. The molecule has 0 radical (unpaired) electrons. The van der Waals surface area contributed by atoms with Crippen molar-refractivity contribution in [3.63, 3.8) is 0 Å². The van der Waals surface area contributed by atoms with E-state index in [0.717, 1.165) is 24.9 Å². The van der Waals surface area contributed by atoms with Crippen LogP contribution in [0.15, 0.2) is 36.5 Å². The summed E-state index contributed by atoms with van der Waals surface area (Å²) >= 11 is 0. The molecule has 2 aromatic rings. The molecule has 2 atom stereocenters. The van der Waals surface area contributed by atoms with Crippen LogP contribution in [0.3, 0.4) is 0 Å². The Morgan fingerprint density at radius 3 is 2.92 bits per heavy atom. The number of rotatable bonds is 4. The molecule has 1 aliphatic rings. The molecule has 1 aliphatic heterocycles. The minimum atomic E-state index is -0.221. The van der Waals surface area contributed by atoms with E-state index in [2.05, 4.69) is 22.4 Å². The van der Waals surface area contributed by atoms with Crippen molar-refractivity contribution in [2.24, 2.45) is 7.05 Å². The van der Waals surface area contributed by atoms with Gasteiger partial charge in [0.1, 0.15) is 11.5 Å². The Hall–Kier alpha value is -2.21. The lowest BCUT2D eigenvalue weighted by atomic mass is 9.91. The average Bonchev–Trinajstić information content (AvgIpc) is 2.97. The summed E-state index contributed by atoms with van der Waals surface area (Å²) in [6.45, 7) is 0.984. The molecule has 2 heterocycles. The molecule has 1 N–H and O–H groups in total. The normalized spacial score (nSPS) is 21.6. The van der Waals surface area contributed by atoms with Gasteiger partial charge in [0.2, 0.25) is 0 Å². The van der Waals surface area contributed by atoms with Crippen LogP contribution < -0.4 is 5.32 Å². The number of nitrogens with one attached hydrogen (secondary N) is 1. The predicted molar refractivity (Wildman–Crippen MR) is 90.2 cm³/mol. The summed E-state index contributed by atoms with van der Waals surface area (Å²) in [5.41, 5.74) is 1.50. The maximum absolute atomic E-state index is 13.5. The third kappa shape index (κ3) is 3.64. The van der Waals surface area contributed by atoms with E-state index < -0.39 is 0 Å². The Morgan fingerprint density at radius 2 is 2.21 bits per heavy atom. The van der Waals surface area contributed by atoms with E-state index in [1.807, 2.05) is 6.07 Å². The van der Waals surface area contributed by atoms with Gasteiger partial charge in [0.15, 0.2) is 0 Å². The summed E-state index contributed by atoms with van der Waals surface area (Å²) in [6.07, 6.45) is 4.29. The zero-order valence-corrected chi connectivity index (χ0v) is 14.1. The number of likely N-dealkylation sites (N-methyl/N-ethyl adjacent to an activating group) is 1. The molecule has 24 heavy (non-hydrogen) atoms. The molecule has 1 fully saturated rings. The highest BCUT2D eigenvalue weighted by molar-refractivity contribution is 5.92. The predicted octanol–water partition coefficient (Wildman–Crippen LogP) is 1.99. The molecular weight excluding hydrogens is 307 g/mol. The van der Waals surface area contributed by atoms with Gasteiger partial charge in [0.25, 0.3) is 5.91 Å². The van der Waals surface area contributed by atoms with Crippen molar-refractivity contribution in [2.45, 2.75) is 31.3 Å². The second-order valence-corrected chi connectivity index (χ2v) is 6.44. The molecule has 6 heteroatoms. The van der Waals surface area contributed by atoms with Crippen LogP contribution >= 0.6 is 0 Å². The number of aromatic nitrogens is 2. The molecule has 0 unspecified atom stereocenters. The number of likely N-dealkylation sites (tertiary alicyclic amines) is 1. The molecule has 0 aliphatic carbocycles. The molecular formula is C18H23FN4O. The van der Waals surface area contributed by atoms with E-state index in [9.17, 15) is 9.18 Å². The van der Waals surface area contributed by atoms with Gasteiger partial charge in [-0.1, -0.05) is 12.1 Å². The van der Waals surface area contributed by atoms with Crippen LogP contribution in [0.1, 0.15) is 28.9 Å². The van der Waals surface area contributed by atoms with Crippen LogP contribution in [0.25, 0.3) is 0 Å². The van der Waals surface area contributed by atoms with Crippen LogP contribution in [-0.4, -0.2) is 46.3 Å². The molecule has 1 saturated heterocycles. The minimum Gasteiger partial charge on any atom is -0.346 e. The number of hydrogen-bond donors (Lipinski definition) is 1. The van der Waals surface area contributed by atoms with Crippen LogP contribution in [0.4, 0.5) is 4.39 Å². The Bertz CT molecular complexity index is 715. The van der Waals surface area contributed by atoms with Gasteiger partial charge < -0.3 is 10.2 Å². The Morgan fingerprint density at radius 1 is 1.38 bits per heavy atom. The smallest absolute Gasteiger partial charge is 0.269 e. The molecule has 3 rings (SSSR count). The summed E-state index contributed by atoms with van der Waals surface area (Å²) in [6, 6.07) is 8.59. The molecule has 5 nitrogen and oxygen atoms in total. The number of benzene rings is 1. The number of carbonyl (C=O) groups excluding carboxylic acids is 1. The largest absolute Gasteiger partial charge is 0.346 e. The number of nitrogens with zero attached hydrogens (tertiary/aromatic N) is 3. The number of amides is 1. The van der Waals surface area contributed by atoms with Crippen molar-refractivity contribution < 1.29 is 9.18 Å². The van der Waals surface area contributed by atoms with Crippen molar-refractivity contribution in [2.75, 3.05) is 13.6 Å². The number of piperidine rings is 1. The van der Waals surface area contributed by atoms with Gasteiger partial charge >= 0.3 is 0 Å². The van der Waals surface area contributed by atoms with Gasteiger partial charge in [0, 0.05) is 25.3 Å². The minimum absolute atomic E-state index is 0.0365. The van der Waals surface area contributed by atoms with Crippen molar-refractivity contribution in [3.05, 3.63) is 53.6 Å². The van der Waals surface area contributed by atoms with Crippen LogP contribution in [0, 0.1) is 5.82 Å². The number of halogens is 1. The quantitative estimate of drug-likeness (QED) is 0.933. The van der Waals surface area contributed by atoms with Crippen molar-refractivity contribution >= 4 is 5.91 Å². The molecule has 0 spiro atoms. The summed E-state index contributed by atoms with van der Waals surface area (Å²) < 4.78 is 15.0. The molecule has 1 amide bonds. The molecule has 128 valence electrons. The fourth-order valence-corrected chi connectivity index (χ4v) is 3.44. The maximum Gasteiger partial charge on any atom is 0.269 e. The van der Waals surface area contributed by atoms with E-state index in [1.54, 1.807) is 36.1 Å². The van der Waals surface area contributed by atoms with Crippen molar-refractivity contribution in [3.8, 4) is 0 Å². The van der Waals surface area contributed by atoms with E-state index in [4.69, 9.17) is 0 Å². The number of aryl methyl sites for hydroxylation is 1. The van der Waals surface area contributed by atoms with Crippen LogP contribution in [-0.2, 0) is 13.5 Å². The SMILES string of the molecule is CN1CCC[C@H](NC(=O)c2ccnn2C)[C@@H]1Cc1cccc(F)c1. The highest BCUT2D eigenvalue weighted by atomic mass is 19.1. The van der Waals surface area contributed by atoms with E-state index >= 15 is 0 Å². The van der Waals surface area contributed by atoms with Crippen molar-refractivity contribution in [1.82, 2.24) is 20.0 Å². The third-order valence-corrected chi connectivity index (χ3v) is 4.76. The molecule has 1 aromatic heterocycles. The highest BCUT2D eigenvalue weighted by Crippen LogP contribution is 2.21. The van der Waals surface area contributed by atoms with Gasteiger partial charge in [-0.2, -0.15) is 5.10 Å². The molecule has 0 bridgehead atoms. The lowest BCUT2D eigenvalue weighted by Gasteiger charge is -2.39. The molecule has 0 saturated carbocycles. The van der Waals surface area contributed by atoms with Gasteiger partial charge in [-0.05, 0) is 56.6 Å². The zero-order chi connectivity index (χ0) is 17.1. The number of carbonyl (C=O) groups is 1. The molecule has 1 aromatic carbocycles. The summed E-state index contributed by atoms with van der Waals surface area (Å²) in [5, 5.41) is 7.19. The monoisotopic (exact) mass is 330 g/mol. The second kappa shape index (κ2) is 7.13.